The fraction of sp³-hybridized carbons (Fsp3) is 0.235. The van der Waals surface area contributed by atoms with Gasteiger partial charge < -0.3 is 11.5 Å². The van der Waals surface area contributed by atoms with Crippen molar-refractivity contribution in [2.45, 2.75) is 26.7 Å². The minimum Gasteiger partial charge on any atom is -0.352 e. The highest BCUT2D eigenvalue weighted by molar-refractivity contribution is 5.69. The molecule has 0 aliphatic carbocycles. The largest absolute Gasteiger partial charge is 0.352 e. The molecule has 0 saturated heterocycles. The lowest BCUT2D eigenvalue weighted by Crippen LogP contribution is -2.18. The van der Waals surface area contributed by atoms with Crippen LogP contribution in [0.4, 0.5) is 4.79 Å². The predicted molar refractivity (Wildman–Crippen MR) is 86.2 cm³/mol. The summed E-state index contributed by atoms with van der Waals surface area (Å²) in [5.74, 6) is 0. The second-order valence-corrected chi connectivity index (χ2v) is 4.13. The lowest BCUT2D eigenvalue weighted by atomic mass is 10.1. The molecule has 0 aromatic heterocycles. The van der Waals surface area contributed by atoms with Crippen LogP contribution in [0.3, 0.4) is 0 Å². The van der Waals surface area contributed by atoms with Crippen molar-refractivity contribution < 1.29 is 4.79 Å². The maximum atomic E-state index is 9.00. The Morgan fingerprint density at radius 3 is 1.20 bits per heavy atom. The first-order valence-electron chi connectivity index (χ1n) is 6.77. The van der Waals surface area contributed by atoms with Gasteiger partial charge in [0, 0.05) is 0 Å². The van der Waals surface area contributed by atoms with Gasteiger partial charge in [0.05, 0.1) is 0 Å². The monoisotopic (exact) mass is 272 g/mol. The van der Waals surface area contributed by atoms with Crippen LogP contribution in [0.25, 0.3) is 11.1 Å². The number of unbranched alkanes of at least 4 members (excludes halogenated alkanes) is 1. The summed E-state index contributed by atoms with van der Waals surface area (Å²) in [6.07, 6.45) is 2.64. The molecule has 2 aromatic carbocycles. The molecule has 0 bridgehead atoms. The van der Waals surface area contributed by atoms with E-state index in [2.05, 4.69) is 73.8 Å². The Morgan fingerprint density at radius 2 is 1.00 bits per heavy atom. The molecular weight excluding hydrogens is 248 g/mol. The first-order valence-corrected chi connectivity index (χ1v) is 6.77. The van der Waals surface area contributed by atoms with E-state index in [-0.39, 0.29) is 0 Å². The zero-order valence-electron chi connectivity index (χ0n) is 12.3. The van der Waals surface area contributed by atoms with Crippen molar-refractivity contribution >= 4 is 6.03 Å². The fourth-order valence-electron chi connectivity index (χ4n) is 1.26. The molecule has 0 aliphatic heterocycles. The summed E-state index contributed by atoms with van der Waals surface area (Å²) < 4.78 is 0. The summed E-state index contributed by atoms with van der Waals surface area (Å²) >= 11 is 0. The number of hydrogen-bond donors (Lipinski definition) is 2. The van der Waals surface area contributed by atoms with Crippen molar-refractivity contribution in [2.75, 3.05) is 0 Å². The van der Waals surface area contributed by atoms with Gasteiger partial charge in [-0.15, -0.1) is 0 Å². The molecule has 0 unspecified atom stereocenters. The van der Waals surface area contributed by atoms with Crippen LogP contribution in [-0.4, -0.2) is 6.03 Å². The van der Waals surface area contributed by atoms with Gasteiger partial charge in [-0.1, -0.05) is 87.4 Å². The van der Waals surface area contributed by atoms with Gasteiger partial charge in [-0.3, -0.25) is 0 Å². The van der Waals surface area contributed by atoms with Gasteiger partial charge in [-0.05, 0) is 11.1 Å². The highest BCUT2D eigenvalue weighted by Crippen LogP contribution is 2.17. The van der Waals surface area contributed by atoms with Crippen LogP contribution in [0.1, 0.15) is 26.7 Å². The van der Waals surface area contributed by atoms with Crippen LogP contribution in [0.2, 0.25) is 0 Å². The third kappa shape index (κ3) is 9.71. The number of carbonyl (C=O) groups excluding carboxylic acids is 1. The Labute approximate surface area is 121 Å². The van der Waals surface area contributed by atoms with E-state index in [0.717, 1.165) is 0 Å². The van der Waals surface area contributed by atoms with Crippen LogP contribution < -0.4 is 11.5 Å². The quantitative estimate of drug-likeness (QED) is 0.845. The van der Waals surface area contributed by atoms with E-state index < -0.39 is 6.03 Å². The Balaban J connectivity index is 0.000000380. The Kier molecular flexibility index (Phi) is 10.4. The van der Waals surface area contributed by atoms with Crippen LogP contribution in [-0.2, 0) is 0 Å². The zero-order valence-corrected chi connectivity index (χ0v) is 12.3. The number of nitrogens with two attached hydrogens (primary N) is 2. The van der Waals surface area contributed by atoms with Crippen molar-refractivity contribution in [1.82, 2.24) is 0 Å². The summed E-state index contributed by atoms with van der Waals surface area (Å²) in [6, 6.07) is 19.9. The molecule has 3 nitrogen and oxygen atoms in total. The number of primary amides is 2. The predicted octanol–water partition coefficient (Wildman–Crippen LogP) is 4.18. The zero-order chi connectivity index (χ0) is 15.2. The summed E-state index contributed by atoms with van der Waals surface area (Å²) in [7, 11) is 0. The number of hydrogen-bond acceptors (Lipinski definition) is 1. The molecule has 0 atom stereocenters. The van der Waals surface area contributed by atoms with Gasteiger partial charge in [-0.2, -0.15) is 0 Å². The lowest BCUT2D eigenvalue weighted by Gasteiger charge is -1.98. The van der Waals surface area contributed by atoms with E-state index in [4.69, 9.17) is 4.79 Å². The average Bonchev–Trinajstić information content (AvgIpc) is 2.49. The van der Waals surface area contributed by atoms with E-state index in [9.17, 15) is 0 Å². The lowest BCUT2D eigenvalue weighted by molar-refractivity contribution is 0.256. The molecule has 108 valence electrons. The maximum Gasteiger partial charge on any atom is 0.309 e. The topological polar surface area (TPSA) is 69.1 Å². The van der Waals surface area contributed by atoms with Gasteiger partial charge in [0.25, 0.3) is 0 Å². The van der Waals surface area contributed by atoms with E-state index >= 15 is 0 Å². The number of rotatable bonds is 2. The van der Waals surface area contributed by atoms with Crippen LogP contribution in [0.15, 0.2) is 60.7 Å². The van der Waals surface area contributed by atoms with Gasteiger partial charge in [0.2, 0.25) is 0 Å². The third-order valence-corrected chi connectivity index (χ3v) is 2.38. The molecule has 4 N–H and O–H groups in total. The Morgan fingerprint density at radius 1 is 0.750 bits per heavy atom. The number of amides is 2. The highest BCUT2D eigenvalue weighted by atomic mass is 16.2. The Hall–Kier alpha value is -2.29. The molecule has 2 aromatic rings. The minimum absolute atomic E-state index is 0.833. The average molecular weight is 272 g/mol. The molecule has 20 heavy (non-hydrogen) atoms. The van der Waals surface area contributed by atoms with Crippen molar-refractivity contribution in [3.8, 4) is 11.1 Å². The second kappa shape index (κ2) is 11.8. The molecule has 2 rings (SSSR count). The van der Waals surface area contributed by atoms with E-state index in [1.165, 1.54) is 24.0 Å². The van der Waals surface area contributed by atoms with Crippen molar-refractivity contribution in [1.29, 1.82) is 0 Å². The maximum absolute atomic E-state index is 9.00. The molecule has 0 aliphatic rings. The minimum atomic E-state index is -0.833. The number of carbonyl (C=O) groups is 1. The standard InChI is InChI=1S/C12H10.C4H10.CH4N2O/c1-3-7-11(8-4-1)12-9-5-2-6-10-12;1-3-4-2;2-1(3)4/h1-10H;3-4H2,1-2H3;(H4,2,3,4). The van der Waals surface area contributed by atoms with E-state index in [0.29, 0.717) is 0 Å². The fourth-order valence-corrected chi connectivity index (χ4v) is 1.26. The van der Waals surface area contributed by atoms with E-state index in [1.54, 1.807) is 0 Å². The summed E-state index contributed by atoms with van der Waals surface area (Å²) in [6.45, 7) is 4.36. The molecule has 0 radical (unpaired) electrons. The van der Waals surface area contributed by atoms with Gasteiger partial charge >= 0.3 is 6.03 Å². The number of urea groups is 1. The Bertz CT molecular complexity index is 411. The van der Waals surface area contributed by atoms with Crippen LogP contribution in [0, 0.1) is 0 Å². The second-order valence-electron chi connectivity index (χ2n) is 4.13. The smallest absolute Gasteiger partial charge is 0.309 e. The first kappa shape index (κ1) is 17.7. The van der Waals surface area contributed by atoms with Gasteiger partial charge in [0.15, 0.2) is 0 Å². The SMILES string of the molecule is CCCC.NC(N)=O.c1ccc(-c2ccccc2)cc1. The molecule has 0 spiro atoms. The molecule has 2 amide bonds. The summed E-state index contributed by atoms with van der Waals surface area (Å²) in [4.78, 5) is 9.00. The van der Waals surface area contributed by atoms with Gasteiger partial charge in [0.1, 0.15) is 0 Å². The van der Waals surface area contributed by atoms with Crippen molar-refractivity contribution in [3.05, 3.63) is 60.7 Å². The van der Waals surface area contributed by atoms with Crippen LogP contribution in [0.5, 0.6) is 0 Å². The molecule has 3 heteroatoms. The molecule has 0 fully saturated rings. The van der Waals surface area contributed by atoms with E-state index in [1.807, 2.05) is 12.1 Å². The first-order chi connectivity index (χ1) is 9.61. The summed E-state index contributed by atoms with van der Waals surface area (Å²) in [5.41, 5.74) is 11.1. The molecule has 0 saturated carbocycles. The highest BCUT2D eigenvalue weighted by Gasteiger charge is 1.91. The molecular formula is C17H24N2O. The third-order valence-electron chi connectivity index (χ3n) is 2.38. The van der Waals surface area contributed by atoms with Crippen molar-refractivity contribution in [2.24, 2.45) is 11.5 Å². The van der Waals surface area contributed by atoms with Crippen molar-refractivity contribution in [3.63, 3.8) is 0 Å². The summed E-state index contributed by atoms with van der Waals surface area (Å²) in [5, 5.41) is 0. The normalized spacial score (nSPS) is 8.50. The van der Waals surface area contributed by atoms with Gasteiger partial charge in [-0.25, -0.2) is 4.79 Å². The van der Waals surface area contributed by atoms with Crippen LogP contribution >= 0.6 is 0 Å². The number of benzene rings is 2. The molecule has 0 heterocycles.